The minimum absolute atomic E-state index is 0. The maximum absolute atomic E-state index is 6.13. The highest BCUT2D eigenvalue weighted by molar-refractivity contribution is 14.0. The predicted octanol–water partition coefficient (Wildman–Crippen LogP) is 4.20. The number of guanidine groups is 1. The molecule has 1 aliphatic heterocycles. The average molecular weight is 509 g/mol. The Balaban J connectivity index is 0.00000300. The van der Waals surface area contributed by atoms with Crippen LogP contribution < -0.4 is 15.4 Å². The number of aryl methyl sites for hydroxylation is 2. The quantitative estimate of drug-likeness (QED) is 0.334. The van der Waals surface area contributed by atoms with Gasteiger partial charge in [0.2, 0.25) is 0 Å². The first-order valence-corrected chi connectivity index (χ1v) is 9.94. The van der Waals surface area contributed by atoms with Crippen molar-refractivity contribution in [2.24, 2.45) is 10.9 Å². The van der Waals surface area contributed by atoms with Crippen LogP contribution in [-0.4, -0.2) is 32.8 Å². The van der Waals surface area contributed by atoms with E-state index in [-0.39, 0.29) is 24.0 Å². The van der Waals surface area contributed by atoms with E-state index in [0.717, 1.165) is 43.5 Å². The van der Waals surface area contributed by atoms with Crippen LogP contribution in [0, 0.1) is 19.8 Å². The first-order chi connectivity index (χ1) is 13.6. The van der Waals surface area contributed by atoms with Crippen LogP contribution in [0.4, 0.5) is 0 Å². The van der Waals surface area contributed by atoms with Gasteiger partial charge in [0.05, 0.1) is 13.2 Å². The first-order valence-electron chi connectivity index (χ1n) is 9.94. The summed E-state index contributed by atoms with van der Waals surface area (Å²) in [6.07, 6.45) is 1.08. The smallest absolute Gasteiger partial charge is 0.191 e. The Morgan fingerprint density at radius 2 is 1.79 bits per heavy atom. The second kappa shape index (κ2) is 12.0. The van der Waals surface area contributed by atoms with Gasteiger partial charge in [0.15, 0.2) is 5.96 Å². The number of nitrogens with one attached hydrogen (secondary N) is 2. The van der Waals surface area contributed by atoms with Gasteiger partial charge in [0, 0.05) is 38.2 Å². The van der Waals surface area contributed by atoms with Crippen LogP contribution in [-0.2, 0) is 17.8 Å². The number of benzene rings is 2. The Morgan fingerprint density at radius 1 is 1.07 bits per heavy atom. The van der Waals surface area contributed by atoms with Crippen molar-refractivity contribution in [2.45, 2.75) is 33.4 Å². The lowest BCUT2D eigenvalue weighted by Gasteiger charge is -2.17. The van der Waals surface area contributed by atoms with E-state index in [4.69, 9.17) is 9.47 Å². The molecule has 2 aromatic carbocycles. The minimum Gasteiger partial charge on any atom is -0.493 e. The highest BCUT2D eigenvalue weighted by Gasteiger charge is 2.17. The number of rotatable bonds is 7. The van der Waals surface area contributed by atoms with Gasteiger partial charge < -0.3 is 20.1 Å². The Kier molecular flexibility index (Phi) is 9.73. The molecule has 0 spiro atoms. The second-order valence-corrected chi connectivity index (χ2v) is 7.42. The van der Waals surface area contributed by atoms with Gasteiger partial charge in [0.25, 0.3) is 0 Å². The summed E-state index contributed by atoms with van der Waals surface area (Å²) in [5.41, 5.74) is 4.82. The predicted molar refractivity (Wildman–Crippen MR) is 129 cm³/mol. The van der Waals surface area contributed by atoms with Crippen molar-refractivity contribution in [2.75, 3.05) is 26.9 Å². The number of hydrogen-bond acceptors (Lipinski definition) is 3. The molecule has 1 heterocycles. The molecule has 0 radical (unpaired) electrons. The Hall–Kier alpha value is -1.80. The molecule has 3 rings (SSSR count). The van der Waals surface area contributed by atoms with E-state index in [1.54, 1.807) is 7.05 Å². The SMILES string of the molecule is CN=C(NCc1ccc(C)cc1)NCc1ccc(C)cc1OCC1CCOC1.I. The van der Waals surface area contributed by atoms with Gasteiger partial charge in [0.1, 0.15) is 5.75 Å². The van der Waals surface area contributed by atoms with Gasteiger partial charge in [-0.25, -0.2) is 0 Å². The summed E-state index contributed by atoms with van der Waals surface area (Å²) in [6.45, 7) is 7.93. The van der Waals surface area contributed by atoms with E-state index in [0.29, 0.717) is 19.1 Å². The average Bonchev–Trinajstić information content (AvgIpc) is 3.22. The molecule has 0 saturated carbocycles. The van der Waals surface area contributed by atoms with Crippen molar-refractivity contribution in [1.82, 2.24) is 10.6 Å². The van der Waals surface area contributed by atoms with Crippen LogP contribution in [0.25, 0.3) is 0 Å². The number of nitrogens with zero attached hydrogens (tertiary/aromatic N) is 1. The fourth-order valence-corrected chi connectivity index (χ4v) is 3.16. The fourth-order valence-electron chi connectivity index (χ4n) is 3.16. The zero-order valence-corrected chi connectivity index (χ0v) is 19.9. The molecule has 0 aromatic heterocycles. The second-order valence-electron chi connectivity index (χ2n) is 7.42. The maximum atomic E-state index is 6.13. The number of halogens is 1. The van der Waals surface area contributed by atoms with Crippen LogP contribution in [0.2, 0.25) is 0 Å². The molecular formula is C23H32IN3O2. The third kappa shape index (κ3) is 7.51. The van der Waals surface area contributed by atoms with Crippen LogP contribution in [0.5, 0.6) is 5.75 Å². The van der Waals surface area contributed by atoms with Crippen molar-refractivity contribution in [3.63, 3.8) is 0 Å². The van der Waals surface area contributed by atoms with Crippen LogP contribution in [0.3, 0.4) is 0 Å². The van der Waals surface area contributed by atoms with E-state index >= 15 is 0 Å². The topological polar surface area (TPSA) is 54.9 Å². The van der Waals surface area contributed by atoms with Crippen molar-refractivity contribution in [3.05, 3.63) is 64.7 Å². The largest absolute Gasteiger partial charge is 0.493 e. The lowest BCUT2D eigenvalue weighted by molar-refractivity contribution is 0.166. The molecule has 1 atom stereocenters. The van der Waals surface area contributed by atoms with Crippen molar-refractivity contribution < 1.29 is 9.47 Å². The van der Waals surface area contributed by atoms with Crippen LogP contribution in [0.15, 0.2) is 47.5 Å². The van der Waals surface area contributed by atoms with Gasteiger partial charge in [-0.05, 0) is 37.5 Å². The number of hydrogen-bond donors (Lipinski definition) is 2. The molecule has 158 valence electrons. The molecule has 5 nitrogen and oxygen atoms in total. The normalized spacial score (nSPS) is 16.2. The summed E-state index contributed by atoms with van der Waals surface area (Å²) in [5, 5.41) is 6.75. The Bertz CT molecular complexity index is 787. The molecule has 6 heteroatoms. The molecule has 1 unspecified atom stereocenters. The maximum Gasteiger partial charge on any atom is 0.191 e. The van der Waals surface area contributed by atoms with Gasteiger partial charge in [-0.3, -0.25) is 4.99 Å². The van der Waals surface area contributed by atoms with Gasteiger partial charge in [-0.2, -0.15) is 0 Å². The lowest BCUT2D eigenvalue weighted by Crippen LogP contribution is -2.36. The molecule has 2 aromatic rings. The summed E-state index contributed by atoms with van der Waals surface area (Å²) < 4.78 is 11.6. The Morgan fingerprint density at radius 3 is 2.48 bits per heavy atom. The number of ether oxygens (including phenoxy) is 2. The highest BCUT2D eigenvalue weighted by atomic mass is 127. The molecule has 1 saturated heterocycles. The zero-order valence-electron chi connectivity index (χ0n) is 17.5. The molecule has 29 heavy (non-hydrogen) atoms. The van der Waals surface area contributed by atoms with Crippen molar-refractivity contribution >= 4 is 29.9 Å². The fraction of sp³-hybridized carbons (Fsp3) is 0.435. The Labute approximate surface area is 191 Å². The first kappa shape index (κ1) is 23.5. The van der Waals surface area contributed by atoms with E-state index in [2.05, 4.69) is 71.9 Å². The lowest BCUT2D eigenvalue weighted by atomic mass is 10.1. The summed E-state index contributed by atoms with van der Waals surface area (Å²) in [5.74, 6) is 2.20. The van der Waals surface area contributed by atoms with Crippen molar-refractivity contribution in [3.8, 4) is 5.75 Å². The number of aliphatic imine (C=N–C) groups is 1. The van der Waals surface area contributed by atoms with E-state index < -0.39 is 0 Å². The van der Waals surface area contributed by atoms with E-state index in [1.807, 2.05) is 0 Å². The molecule has 0 amide bonds. The summed E-state index contributed by atoms with van der Waals surface area (Å²) in [6, 6.07) is 14.9. The third-order valence-corrected chi connectivity index (χ3v) is 4.97. The van der Waals surface area contributed by atoms with Gasteiger partial charge in [-0.1, -0.05) is 42.0 Å². The molecular weight excluding hydrogens is 477 g/mol. The summed E-state index contributed by atoms with van der Waals surface area (Å²) in [4.78, 5) is 4.33. The minimum atomic E-state index is 0. The van der Waals surface area contributed by atoms with Gasteiger partial charge >= 0.3 is 0 Å². The standard InChI is InChI=1S/C23H31N3O2.HI/c1-17-4-7-19(8-5-17)13-25-23(24-3)26-14-21-9-6-18(2)12-22(21)28-16-20-10-11-27-15-20;/h4-9,12,20H,10-11,13-16H2,1-3H3,(H2,24,25,26);1H. The molecule has 1 aliphatic rings. The highest BCUT2D eigenvalue weighted by Crippen LogP contribution is 2.22. The summed E-state index contributed by atoms with van der Waals surface area (Å²) in [7, 11) is 1.79. The monoisotopic (exact) mass is 509 g/mol. The van der Waals surface area contributed by atoms with Crippen molar-refractivity contribution in [1.29, 1.82) is 0 Å². The van der Waals surface area contributed by atoms with Gasteiger partial charge in [-0.15, -0.1) is 24.0 Å². The molecule has 0 bridgehead atoms. The van der Waals surface area contributed by atoms with E-state index in [9.17, 15) is 0 Å². The van der Waals surface area contributed by atoms with Crippen LogP contribution >= 0.6 is 24.0 Å². The molecule has 0 aliphatic carbocycles. The molecule has 2 N–H and O–H groups in total. The third-order valence-electron chi connectivity index (χ3n) is 4.97. The van der Waals surface area contributed by atoms with E-state index in [1.165, 1.54) is 16.7 Å². The zero-order chi connectivity index (χ0) is 19.8. The van der Waals surface area contributed by atoms with Crippen LogP contribution in [0.1, 0.15) is 28.7 Å². The molecule has 1 fully saturated rings. The summed E-state index contributed by atoms with van der Waals surface area (Å²) >= 11 is 0.